The fourth-order valence-corrected chi connectivity index (χ4v) is 1.85. The number of carbonyl (C=O) groups is 1. The van der Waals surface area contributed by atoms with E-state index in [0.29, 0.717) is 18.9 Å². The van der Waals surface area contributed by atoms with Crippen LogP contribution in [0.3, 0.4) is 0 Å². The summed E-state index contributed by atoms with van der Waals surface area (Å²) in [5, 5.41) is 0. The fourth-order valence-electron chi connectivity index (χ4n) is 1.85. The summed E-state index contributed by atoms with van der Waals surface area (Å²) in [6, 6.07) is 9.45. The Balaban J connectivity index is 2.17. The summed E-state index contributed by atoms with van der Waals surface area (Å²) in [5.74, 6) is -0.262. The van der Waals surface area contributed by atoms with Crippen molar-refractivity contribution in [1.29, 1.82) is 0 Å². The summed E-state index contributed by atoms with van der Waals surface area (Å²) in [7, 11) is 1.55. The van der Waals surface area contributed by atoms with Crippen LogP contribution in [0.25, 0.3) is 0 Å². The predicted octanol–water partition coefficient (Wildman–Crippen LogP) is 2.71. The Labute approximate surface area is 116 Å². The highest BCUT2D eigenvalue weighted by Crippen LogP contribution is 2.13. The number of furan rings is 1. The quantitative estimate of drug-likeness (QED) is 0.815. The van der Waals surface area contributed by atoms with Gasteiger partial charge in [0.05, 0.1) is 25.0 Å². The highest BCUT2D eigenvalue weighted by atomic mass is 19.1. The molecule has 0 unspecified atom stereocenters. The van der Waals surface area contributed by atoms with Crippen LogP contribution in [0.5, 0.6) is 0 Å². The fraction of sp³-hybridized carbons (Fsp3) is 0.267. The number of ether oxygens (including phenoxy) is 1. The van der Waals surface area contributed by atoms with Crippen molar-refractivity contribution in [3.63, 3.8) is 0 Å². The third-order valence-corrected chi connectivity index (χ3v) is 2.88. The zero-order chi connectivity index (χ0) is 14.4. The van der Waals surface area contributed by atoms with Gasteiger partial charge in [-0.1, -0.05) is 12.1 Å². The van der Waals surface area contributed by atoms with Crippen molar-refractivity contribution in [2.45, 2.75) is 6.54 Å². The molecule has 0 saturated carbocycles. The van der Waals surface area contributed by atoms with Crippen LogP contribution in [-0.4, -0.2) is 31.1 Å². The van der Waals surface area contributed by atoms with Gasteiger partial charge in [-0.15, -0.1) is 0 Å². The Morgan fingerprint density at radius 3 is 2.75 bits per heavy atom. The van der Waals surface area contributed by atoms with Crippen LogP contribution in [0.1, 0.15) is 16.1 Å². The van der Waals surface area contributed by atoms with Crippen molar-refractivity contribution in [2.75, 3.05) is 20.3 Å². The van der Waals surface area contributed by atoms with E-state index in [0.717, 1.165) is 0 Å². The van der Waals surface area contributed by atoms with Gasteiger partial charge >= 0.3 is 0 Å². The van der Waals surface area contributed by atoms with Gasteiger partial charge < -0.3 is 14.1 Å². The number of amides is 1. The lowest BCUT2D eigenvalue weighted by Gasteiger charge is -2.21. The lowest BCUT2D eigenvalue weighted by molar-refractivity contribution is 0.0662. The van der Waals surface area contributed by atoms with Crippen LogP contribution in [0, 0.1) is 5.82 Å². The van der Waals surface area contributed by atoms with E-state index in [1.54, 1.807) is 31.4 Å². The van der Waals surface area contributed by atoms with Crippen LogP contribution in [-0.2, 0) is 11.3 Å². The Morgan fingerprint density at radius 1 is 1.30 bits per heavy atom. The molecule has 0 fully saturated rings. The average molecular weight is 277 g/mol. The third-order valence-electron chi connectivity index (χ3n) is 2.88. The van der Waals surface area contributed by atoms with Crippen LogP contribution >= 0.6 is 0 Å². The summed E-state index contributed by atoms with van der Waals surface area (Å²) in [4.78, 5) is 13.9. The number of methoxy groups -OCH3 is 1. The van der Waals surface area contributed by atoms with Gasteiger partial charge in [-0.2, -0.15) is 0 Å². The standard InChI is InChI=1S/C15H16FNO3/c1-19-10-8-17(11-12-5-4-9-20-12)15(18)13-6-2-3-7-14(13)16/h2-7,9H,8,10-11H2,1H3. The second-order valence-corrected chi connectivity index (χ2v) is 4.28. The molecule has 0 spiro atoms. The molecule has 4 nitrogen and oxygen atoms in total. The van der Waals surface area contributed by atoms with Crippen molar-refractivity contribution in [2.24, 2.45) is 0 Å². The second-order valence-electron chi connectivity index (χ2n) is 4.28. The second kappa shape index (κ2) is 6.86. The van der Waals surface area contributed by atoms with Gasteiger partial charge in [0.1, 0.15) is 11.6 Å². The van der Waals surface area contributed by atoms with Crippen molar-refractivity contribution >= 4 is 5.91 Å². The number of carbonyl (C=O) groups excluding carboxylic acids is 1. The van der Waals surface area contributed by atoms with Gasteiger partial charge in [0.25, 0.3) is 5.91 Å². The number of halogens is 1. The predicted molar refractivity (Wildman–Crippen MR) is 71.7 cm³/mol. The number of rotatable bonds is 6. The van der Waals surface area contributed by atoms with Crippen LogP contribution in [0.4, 0.5) is 4.39 Å². The van der Waals surface area contributed by atoms with E-state index in [4.69, 9.17) is 9.15 Å². The highest BCUT2D eigenvalue weighted by molar-refractivity contribution is 5.94. The molecule has 0 aliphatic carbocycles. The van der Waals surface area contributed by atoms with Gasteiger partial charge in [0, 0.05) is 13.7 Å². The highest BCUT2D eigenvalue weighted by Gasteiger charge is 2.19. The lowest BCUT2D eigenvalue weighted by atomic mass is 10.2. The molecule has 0 saturated heterocycles. The minimum Gasteiger partial charge on any atom is -0.467 e. The van der Waals surface area contributed by atoms with E-state index in [2.05, 4.69) is 0 Å². The molecule has 0 atom stereocenters. The Morgan fingerprint density at radius 2 is 2.10 bits per heavy atom. The zero-order valence-corrected chi connectivity index (χ0v) is 11.2. The molecule has 0 aliphatic rings. The average Bonchev–Trinajstić information content (AvgIpc) is 2.96. The topological polar surface area (TPSA) is 42.7 Å². The number of hydrogen-bond acceptors (Lipinski definition) is 3. The van der Waals surface area contributed by atoms with Gasteiger partial charge in [-0.25, -0.2) is 4.39 Å². The molecule has 106 valence electrons. The molecule has 1 aromatic heterocycles. The molecular formula is C15H16FNO3. The van der Waals surface area contributed by atoms with Gasteiger partial charge in [0.15, 0.2) is 0 Å². The molecule has 0 aliphatic heterocycles. The van der Waals surface area contributed by atoms with E-state index in [1.165, 1.54) is 23.3 Å². The number of benzene rings is 1. The minimum absolute atomic E-state index is 0.0511. The molecular weight excluding hydrogens is 261 g/mol. The molecule has 20 heavy (non-hydrogen) atoms. The molecule has 2 rings (SSSR count). The lowest BCUT2D eigenvalue weighted by Crippen LogP contribution is -2.33. The summed E-state index contributed by atoms with van der Waals surface area (Å²) in [6.45, 7) is 1.02. The van der Waals surface area contributed by atoms with Crippen molar-refractivity contribution in [3.8, 4) is 0 Å². The van der Waals surface area contributed by atoms with E-state index in [1.807, 2.05) is 0 Å². The molecule has 1 aromatic carbocycles. The zero-order valence-electron chi connectivity index (χ0n) is 11.2. The SMILES string of the molecule is COCCN(Cc1ccco1)C(=O)c1ccccc1F. The summed E-state index contributed by atoms with van der Waals surface area (Å²) in [5.41, 5.74) is 0.0511. The van der Waals surface area contributed by atoms with Crippen LogP contribution < -0.4 is 0 Å². The van der Waals surface area contributed by atoms with E-state index < -0.39 is 5.82 Å². The maximum absolute atomic E-state index is 13.7. The summed E-state index contributed by atoms with van der Waals surface area (Å²) < 4.78 is 23.9. The molecule has 0 radical (unpaired) electrons. The summed E-state index contributed by atoms with van der Waals surface area (Å²) in [6.07, 6.45) is 1.54. The van der Waals surface area contributed by atoms with Gasteiger partial charge in [-0.05, 0) is 24.3 Å². The Hall–Kier alpha value is -2.14. The minimum atomic E-state index is -0.528. The molecule has 1 heterocycles. The maximum Gasteiger partial charge on any atom is 0.257 e. The van der Waals surface area contributed by atoms with Gasteiger partial charge in [-0.3, -0.25) is 4.79 Å². The van der Waals surface area contributed by atoms with Crippen molar-refractivity contribution < 1.29 is 18.3 Å². The normalized spacial score (nSPS) is 10.5. The summed E-state index contributed by atoms with van der Waals surface area (Å²) >= 11 is 0. The van der Waals surface area contributed by atoms with E-state index >= 15 is 0 Å². The molecule has 1 amide bonds. The molecule has 0 bridgehead atoms. The first-order valence-corrected chi connectivity index (χ1v) is 6.27. The number of nitrogens with zero attached hydrogens (tertiary/aromatic N) is 1. The van der Waals surface area contributed by atoms with Crippen molar-refractivity contribution in [1.82, 2.24) is 4.90 Å². The van der Waals surface area contributed by atoms with Crippen LogP contribution in [0.2, 0.25) is 0 Å². The van der Waals surface area contributed by atoms with E-state index in [9.17, 15) is 9.18 Å². The van der Waals surface area contributed by atoms with Crippen molar-refractivity contribution in [3.05, 3.63) is 59.8 Å². The first-order valence-electron chi connectivity index (χ1n) is 6.27. The van der Waals surface area contributed by atoms with Crippen LogP contribution in [0.15, 0.2) is 47.1 Å². The number of hydrogen-bond donors (Lipinski definition) is 0. The molecule has 0 N–H and O–H groups in total. The Kier molecular flexibility index (Phi) is 4.90. The third kappa shape index (κ3) is 3.45. The molecule has 2 aromatic rings. The van der Waals surface area contributed by atoms with E-state index in [-0.39, 0.29) is 18.0 Å². The maximum atomic E-state index is 13.7. The monoisotopic (exact) mass is 277 g/mol. The largest absolute Gasteiger partial charge is 0.467 e. The van der Waals surface area contributed by atoms with Gasteiger partial charge in [0.2, 0.25) is 0 Å². The first-order chi connectivity index (χ1) is 9.72. The molecule has 5 heteroatoms. The smallest absolute Gasteiger partial charge is 0.257 e. The first kappa shape index (κ1) is 14.3. The Bertz CT molecular complexity index is 554.